The quantitative estimate of drug-likeness (QED) is 0.122. The van der Waals surface area contributed by atoms with Crippen molar-refractivity contribution in [2.45, 2.75) is 204 Å². The van der Waals surface area contributed by atoms with E-state index in [9.17, 15) is 25.2 Å². The molecule has 1 aromatic heterocycles. The largest absolute Gasteiger partial charge is 0.481 e. The maximum atomic E-state index is 14.6. The molecule has 0 radical (unpaired) electrons. The SMILES string of the molecule is CCCCNC[C@]1(O)[C@H](C)O[C@@H](O[C@H]2[C@H](C)[C@@H](O[C@@H]3O[C@H](C)C[C@H]4[C@H]3O/C(=N\c3ccc(OC)nc3)N4C)[C@](C)(O)C[C@@H](C)CN[C@H](C)[C@@H](O)[C@](C)(O)[C@@H](CC)OC(=O)[C@@H]2C)C[C@@]1(C)OC. The number of cyclic esters (lactones) is 1. The minimum atomic E-state index is -1.83. The lowest BCUT2D eigenvalue weighted by atomic mass is 9.75. The highest BCUT2D eigenvalue weighted by atomic mass is 16.7. The molecule has 4 aliphatic heterocycles. The van der Waals surface area contributed by atoms with Gasteiger partial charge in [0.15, 0.2) is 18.7 Å². The molecule has 18 atom stereocenters. The average Bonchev–Trinajstić information content (AvgIpc) is 3.58. The molecule has 1 aromatic rings. The summed E-state index contributed by atoms with van der Waals surface area (Å²) >= 11 is 0. The molecule has 5 heterocycles. The van der Waals surface area contributed by atoms with Crippen LogP contribution in [0.15, 0.2) is 23.3 Å². The Morgan fingerprint density at radius 3 is 2.33 bits per heavy atom. The van der Waals surface area contributed by atoms with E-state index in [1.165, 1.54) is 6.92 Å². The zero-order valence-corrected chi connectivity index (χ0v) is 42.0. The number of aromatic nitrogens is 1. The van der Waals surface area contributed by atoms with Crippen molar-refractivity contribution in [3.8, 4) is 5.88 Å². The van der Waals surface area contributed by atoms with E-state index in [-0.39, 0.29) is 43.9 Å². The number of unbranched alkanes of at least 4 members (excludes halogenated alkanes) is 1. The normalized spacial score (nSPS) is 43.6. The Kier molecular flexibility index (Phi) is 18.3. The first-order valence-electron chi connectivity index (χ1n) is 24.1. The van der Waals surface area contributed by atoms with E-state index in [4.69, 9.17) is 42.9 Å². The average molecular weight is 938 g/mol. The minimum absolute atomic E-state index is 0.0881. The second-order valence-corrected chi connectivity index (χ2v) is 20.2. The molecule has 378 valence electrons. The lowest BCUT2D eigenvalue weighted by Gasteiger charge is -2.53. The Morgan fingerprint density at radius 1 is 1.00 bits per heavy atom. The number of hydrogen-bond donors (Lipinski definition) is 6. The highest BCUT2D eigenvalue weighted by Crippen LogP contribution is 2.44. The van der Waals surface area contributed by atoms with Crippen molar-refractivity contribution in [1.82, 2.24) is 20.5 Å². The molecule has 4 aliphatic rings. The maximum absolute atomic E-state index is 14.6. The van der Waals surface area contributed by atoms with Crippen LogP contribution in [0.1, 0.15) is 115 Å². The van der Waals surface area contributed by atoms with Crippen LogP contribution >= 0.6 is 0 Å². The number of carbonyl (C=O) groups is 1. The Balaban J connectivity index is 1.56. The summed E-state index contributed by atoms with van der Waals surface area (Å²) in [6.45, 7) is 21.2. The third-order valence-corrected chi connectivity index (χ3v) is 14.8. The van der Waals surface area contributed by atoms with Crippen LogP contribution in [0.3, 0.4) is 0 Å². The number of amidine groups is 1. The summed E-state index contributed by atoms with van der Waals surface area (Å²) in [4.78, 5) is 25.6. The first-order chi connectivity index (χ1) is 31.0. The number of rotatable bonds is 13. The van der Waals surface area contributed by atoms with Crippen molar-refractivity contribution in [2.75, 3.05) is 40.9 Å². The van der Waals surface area contributed by atoms with E-state index >= 15 is 0 Å². The first kappa shape index (κ1) is 54.2. The number of nitrogens with one attached hydrogen (secondary N) is 2. The van der Waals surface area contributed by atoms with Gasteiger partial charge in [0.05, 0.1) is 61.0 Å². The number of pyridine rings is 1. The second-order valence-electron chi connectivity index (χ2n) is 20.2. The standard InChI is InChI=1S/C48H83N5O13/c1-15-17-20-49-26-48(58)32(8)62-37(23-46(48,10)60-14)64-38-29(5)41(45(9,56)22-27(3)24-50-31(7)40(54)47(11,57)35(16-2)63-42(55)30(38)6)66-43-39-34(21-28(4)61-43)53(12)44(65-39)52-33-18-19-36(59-13)51-25-33/h18-19,25,27-32,34-35,37-41,43,49-50,54,56-58H,15-17,20-24,26H2,1-14H3/b52-44-/t27-,28-,29+,30-,31-,32+,34+,35-,37+,38+,39-,40-,41-,43+,45-,46-,47-,48+/m1/s1. The molecule has 0 unspecified atom stereocenters. The number of aliphatic hydroxyl groups is 4. The van der Waals surface area contributed by atoms with E-state index < -0.39 is 95.5 Å². The molecular weight excluding hydrogens is 855 g/mol. The molecule has 6 N–H and O–H groups in total. The molecule has 0 aliphatic carbocycles. The summed E-state index contributed by atoms with van der Waals surface area (Å²) in [5.74, 6) is -2.24. The number of likely N-dealkylation sites (N-methyl/N-ethyl adjacent to an activating group) is 1. The van der Waals surface area contributed by atoms with E-state index in [0.717, 1.165) is 12.8 Å². The molecule has 18 heteroatoms. The maximum Gasteiger partial charge on any atom is 0.311 e. The van der Waals surface area contributed by atoms with Gasteiger partial charge in [0.25, 0.3) is 6.02 Å². The van der Waals surface area contributed by atoms with Gasteiger partial charge in [-0.15, -0.1) is 0 Å². The van der Waals surface area contributed by atoms with Gasteiger partial charge >= 0.3 is 5.97 Å². The summed E-state index contributed by atoms with van der Waals surface area (Å²) in [7, 11) is 5.00. The van der Waals surface area contributed by atoms with Crippen LogP contribution in [0.5, 0.6) is 5.88 Å². The third kappa shape index (κ3) is 11.8. The van der Waals surface area contributed by atoms with Gasteiger partial charge in [0, 0.05) is 45.1 Å². The van der Waals surface area contributed by atoms with Crippen LogP contribution in [0.25, 0.3) is 0 Å². The van der Waals surface area contributed by atoms with Crippen molar-refractivity contribution in [3.63, 3.8) is 0 Å². The van der Waals surface area contributed by atoms with Gasteiger partial charge in [-0.3, -0.25) is 4.79 Å². The van der Waals surface area contributed by atoms with Crippen LogP contribution in [-0.4, -0.2) is 173 Å². The number of esters is 1. The van der Waals surface area contributed by atoms with Gasteiger partial charge in [-0.1, -0.05) is 34.1 Å². The van der Waals surface area contributed by atoms with Gasteiger partial charge in [-0.2, -0.15) is 4.99 Å². The van der Waals surface area contributed by atoms with Gasteiger partial charge in [0.2, 0.25) is 5.88 Å². The summed E-state index contributed by atoms with van der Waals surface area (Å²) in [5.41, 5.74) is -5.46. The van der Waals surface area contributed by atoms with Crippen LogP contribution in [0.4, 0.5) is 5.69 Å². The number of nitrogens with zero attached hydrogens (tertiary/aromatic N) is 3. The Hall–Kier alpha value is -2.75. The number of aliphatic hydroxyl groups excluding tert-OH is 1. The van der Waals surface area contributed by atoms with Gasteiger partial charge in [-0.05, 0) is 99.2 Å². The van der Waals surface area contributed by atoms with Crippen molar-refractivity contribution < 1.29 is 63.1 Å². The molecule has 4 saturated heterocycles. The first-order valence-corrected chi connectivity index (χ1v) is 24.1. The monoisotopic (exact) mass is 938 g/mol. The van der Waals surface area contributed by atoms with Gasteiger partial charge in [0.1, 0.15) is 29.0 Å². The van der Waals surface area contributed by atoms with Crippen LogP contribution < -0.4 is 15.4 Å². The minimum Gasteiger partial charge on any atom is -0.481 e. The highest BCUT2D eigenvalue weighted by molar-refractivity contribution is 5.79. The number of hydrogen-bond acceptors (Lipinski definition) is 17. The molecule has 4 fully saturated rings. The Morgan fingerprint density at radius 2 is 1.71 bits per heavy atom. The van der Waals surface area contributed by atoms with Gasteiger partial charge in [-0.25, -0.2) is 4.98 Å². The van der Waals surface area contributed by atoms with Crippen molar-refractivity contribution in [1.29, 1.82) is 0 Å². The molecular formula is C48H83N5O13. The Labute approximate surface area is 392 Å². The van der Waals surface area contributed by atoms with Crippen LogP contribution in [0.2, 0.25) is 0 Å². The number of fused-ring (bicyclic) bond motifs is 1. The fourth-order valence-corrected chi connectivity index (χ4v) is 10.4. The fourth-order valence-electron chi connectivity index (χ4n) is 10.4. The smallest absolute Gasteiger partial charge is 0.311 e. The topological polar surface area (TPSA) is 224 Å². The number of carbonyl (C=O) groups excluding carboxylic acids is 1. The lowest BCUT2D eigenvalue weighted by molar-refractivity contribution is -0.335. The van der Waals surface area contributed by atoms with Crippen LogP contribution in [0, 0.1) is 17.8 Å². The van der Waals surface area contributed by atoms with E-state index in [2.05, 4.69) is 22.5 Å². The second kappa shape index (κ2) is 22.3. The summed E-state index contributed by atoms with van der Waals surface area (Å²) < 4.78 is 51.2. The predicted octanol–water partition coefficient (Wildman–Crippen LogP) is 3.82. The number of ether oxygens (including phenoxy) is 8. The lowest BCUT2D eigenvalue weighted by Crippen LogP contribution is -2.70. The summed E-state index contributed by atoms with van der Waals surface area (Å²) in [5, 5.41) is 55.1. The molecule has 0 saturated carbocycles. The zero-order chi connectivity index (χ0) is 48.9. The summed E-state index contributed by atoms with van der Waals surface area (Å²) in [6.07, 6.45) is -3.62. The highest BCUT2D eigenvalue weighted by Gasteiger charge is 2.59. The number of methoxy groups -OCH3 is 2. The molecule has 0 bridgehead atoms. The van der Waals surface area contributed by atoms with E-state index in [1.807, 2.05) is 39.6 Å². The number of aliphatic imine (C=N–C) groups is 1. The van der Waals surface area contributed by atoms with Gasteiger partial charge < -0.3 is 73.9 Å². The zero-order valence-electron chi connectivity index (χ0n) is 42.0. The third-order valence-electron chi connectivity index (χ3n) is 14.8. The molecule has 0 spiro atoms. The van der Waals surface area contributed by atoms with Crippen molar-refractivity contribution in [2.24, 2.45) is 22.7 Å². The van der Waals surface area contributed by atoms with Crippen molar-refractivity contribution in [3.05, 3.63) is 18.3 Å². The predicted molar refractivity (Wildman–Crippen MR) is 247 cm³/mol. The molecule has 66 heavy (non-hydrogen) atoms. The van der Waals surface area contributed by atoms with Crippen molar-refractivity contribution >= 4 is 17.7 Å². The molecule has 5 rings (SSSR count). The van der Waals surface area contributed by atoms with E-state index in [1.54, 1.807) is 67.2 Å². The van der Waals surface area contributed by atoms with E-state index in [0.29, 0.717) is 37.1 Å². The summed E-state index contributed by atoms with van der Waals surface area (Å²) in [6, 6.07) is 3.04. The molecule has 0 aromatic carbocycles. The molecule has 0 amide bonds. The molecule has 18 nitrogen and oxygen atoms in total. The fraction of sp³-hybridized carbons (Fsp3) is 0.854. The van der Waals surface area contributed by atoms with Crippen LogP contribution in [-0.2, 0) is 38.0 Å². The Bertz CT molecular complexity index is 1740.